The van der Waals surface area contributed by atoms with Crippen LogP contribution in [0.1, 0.15) is 21.5 Å². The monoisotopic (exact) mass is 389 g/mol. The normalized spacial score (nSPS) is 15.2. The van der Waals surface area contributed by atoms with E-state index in [1.165, 1.54) is 5.56 Å². The fourth-order valence-electron chi connectivity index (χ4n) is 3.14. The Kier molecular flexibility index (Phi) is 3.84. The van der Waals surface area contributed by atoms with Crippen molar-refractivity contribution in [2.24, 2.45) is 0 Å². The van der Waals surface area contributed by atoms with Crippen molar-refractivity contribution in [3.05, 3.63) is 51.5 Å². The summed E-state index contributed by atoms with van der Waals surface area (Å²) >= 11 is 3.42. The van der Waals surface area contributed by atoms with Gasteiger partial charge < -0.3 is 19.1 Å². The third-order valence-corrected chi connectivity index (χ3v) is 4.88. The minimum Gasteiger partial charge on any atom is -0.496 e. The van der Waals surface area contributed by atoms with Gasteiger partial charge in [0.1, 0.15) is 5.75 Å². The van der Waals surface area contributed by atoms with Gasteiger partial charge in [-0.3, -0.25) is 4.79 Å². The van der Waals surface area contributed by atoms with Crippen molar-refractivity contribution in [2.75, 3.05) is 20.4 Å². The number of ether oxygens (including phenoxy) is 3. The van der Waals surface area contributed by atoms with Gasteiger partial charge in [0.2, 0.25) is 6.79 Å². The highest BCUT2D eigenvalue weighted by Gasteiger charge is 2.26. The number of fused-ring (bicyclic) bond motifs is 2. The highest BCUT2D eigenvalue weighted by Crippen LogP contribution is 2.37. The molecule has 0 bridgehead atoms. The van der Waals surface area contributed by atoms with Crippen LogP contribution in [0, 0.1) is 0 Å². The standard InChI is InChI=1S/C18H16BrNO4/c1-22-15-3-2-13(19)8-14(15)18(21)20-5-4-11-6-16-17(24-10-23-16)7-12(11)9-20/h2-3,6-8H,4-5,9-10H2,1H3. The Morgan fingerprint density at radius 3 is 2.67 bits per heavy atom. The van der Waals surface area contributed by atoms with Crippen LogP contribution in [0.4, 0.5) is 0 Å². The van der Waals surface area contributed by atoms with E-state index in [0.717, 1.165) is 28.0 Å². The second-order valence-electron chi connectivity index (χ2n) is 5.80. The van der Waals surface area contributed by atoms with Crippen LogP contribution >= 0.6 is 15.9 Å². The van der Waals surface area contributed by atoms with E-state index in [4.69, 9.17) is 14.2 Å². The number of carbonyl (C=O) groups is 1. The summed E-state index contributed by atoms with van der Waals surface area (Å²) in [4.78, 5) is 14.8. The molecule has 24 heavy (non-hydrogen) atoms. The van der Waals surface area contributed by atoms with Gasteiger partial charge in [0, 0.05) is 17.6 Å². The molecule has 0 saturated carbocycles. The van der Waals surface area contributed by atoms with Crippen molar-refractivity contribution in [2.45, 2.75) is 13.0 Å². The molecule has 0 fully saturated rings. The lowest BCUT2D eigenvalue weighted by Gasteiger charge is -2.29. The van der Waals surface area contributed by atoms with Gasteiger partial charge in [-0.05, 0) is 47.9 Å². The summed E-state index contributed by atoms with van der Waals surface area (Å²) in [5.41, 5.74) is 2.88. The summed E-state index contributed by atoms with van der Waals surface area (Å²) in [5, 5.41) is 0. The van der Waals surface area contributed by atoms with Crippen molar-refractivity contribution in [3.8, 4) is 17.2 Å². The summed E-state index contributed by atoms with van der Waals surface area (Å²) in [7, 11) is 1.58. The van der Waals surface area contributed by atoms with Gasteiger partial charge in [-0.2, -0.15) is 0 Å². The summed E-state index contributed by atoms with van der Waals surface area (Å²) in [6, 6.07) is 9.47. The van der Waals surface area contributed by atoms with Crippen molar-refractivity contribution in [3.63, 3.8) is 0 Å². The SMILES string of the molecule is COc1ccc(Br)cc1C(=O)N1CCc2cc3c(cc2C1)OCO3. The lowest BCUT2D eigenvalue weighted by Crippen LogP contribution is -2.36. The van der Waals surface area contributed by atoms with E-state index < -0.39 is 0 Å². The molecule has 124 valence electrons. The molecule has 2 aliphatic heterocycles. The van der Waals surface area contributed by atoms with Crippen molar-refractivity contribution in [1.29, 1.82) is 0 Å². The Hall–Kier alpha value is -2.21. The molecule has 2 aromatic carbocycles. The molecule has 0 aromatic heterocycles. The Bertz CT molecular complexity index is 821. The molecule has 0 radical (unpaired) electrons. The van der Waals surface area contributed by atoms with Crippen LogP contribution in [0.25, 0.3) is 0 Å². The van der Waals surface area contributed by atoms with E-state index in [0.29, 0.717) is 24.4 Å². The average Bonchev–Trinajstić information content (AvgIpc) is 3.05. The van der Waals surface area contributed by atoms with Crippen LogP contribution in [0.3, 0.4) is 0 Å². The van der Waals surface area contributed by atoms with E-state index in [-0.39, 0.29) is 12.7 Å². The van der Waals surface area contributed by atoms with Crippen LogP contribution in [0.2, 0.25) is 0 Å². The van der Waals surface area contributed by atoms with E-state index in [2.05, 4.69) is 15.9 Å². The van der Waals surface area contributed by atoms with Crippen LogP contribution < -0.4 is 14.2 Å². The molecule has 6 heteroatoms. The zero-order valence-corrected chi connectivity index (χ0v) is 14.8. The third-order valence-electron chi connectivity index (χ3n) is 4.39. The van der Waals surface area contributed by atoms with Gasteiger partial charge in [0.05, 0.1) is 12.7 Å². The fraction of sp³-hybridized carbons (Fsp3) is 0.278. The van der Waals surface area contributed by atoms with Crippen LogP contribution in [0.5, 0.6) is 17.2 Å². The summed E-state index contributed by atoms with van der Waals surface area (Å²) in [5.74, 6) is 2.10. The molecule has 0 aliphatic carbocycles. The van der Waals surface area contributed by atoms with Crippen LogP contribution in [0.15, 0.2) is 34.8 Å². The number of amides is 1. The van der Waals surface area contributed by atoms with Crippen LogP contribution in [-0.2, 0) is 13.0 Å². The molecule has 2 aliphatic rings. The summed E-state index contributed by atoms with van der Waals surface area (Å²) in [6.07, 6.45) is 0.800. The van der Waals surface area contributed by atoms with E-state index in [9.17, 15) is 4.79 Å². The maximum Gasteiger partial charge on any atom is 0.257 e. The first-order valence-corrected chi connectivity index (χ1v) is 8.49. The maximum absolute atomic E-state index is 12.9. The minimum absolute atomic E-state index is 0.0310. The molecule has 2 heterocycles. The quantitative estimate of drug-likeness (QED) is 0.789. The number of hydrogen-bond acceptors (Lipinski definition) is 4. The number of hydrogen-bond donors (Lipinski definition) is 0. The number of halogens is 1. The molecular formula is C18H16BrNO4. The van der Waals surface area contributed by atoms with Crippen molar-refractivity contribution in [1.82, 2.24) is 4.90 Å². The molecule has 2 aromatic rings. The summed E-state index contributed by atoms with van der Waals surface area (Å²) < 4.78 is 17.1. The molecule has 0 unspecified atom stereocenters. The van der Waals surface area contributed by atoms with Crippen LogP contribution in [-0.4, -0.2) is 31.3 Å². The van der Waals surface area contributed by atoms with Gasteiger partial charge in [-0.25, -0.2) is 0 Å². The lowest BCUT2D eigenvalue weighted by atomic mass is 9.98. The first-order valence-electron chi connectivity index (χ1n) is 7.70. The molecule has 0 spiro atoms. The zero-order chi connectivity index (χ0) is 16.7. The molecule has 4 rings (SSSR count). The van der Waals surface area contributed by atoms with Gasteiger partial charge in [0.15, 0.2) is 11.5 Å². The Morgan fingerprint density at radius 1 is 1.17 bits per heavy atom. The topological polar surface area (TPSA) is 48.0 Å². The highest BCUT2D eigenvalue weighted by molar-refractivity contribution is 9.10. The Balaban J connectivity index is 1.63. The van der Waals surface area contributed by atoms with Gasteiger partial charge in [0.25, 0.3) is 5.91 Å². The number of benzene rings is 2. The Labute approximate surface area is 148 Å². The largest absolute Gasteiger partial charge is 0.496 e. The molecule has 0 saturated heterocycles. The molecule has 0 N–H and O–H groups in total. The number of rotatable bonds is 2. The lowest BCUT2D eigenvalue weighted by molar-refractivity contribution is 0.0731. The van der Waals surface area contributed by atoms with Crippen molar-refractivity contribution >= 4 is 21.8 Å². The average molecular weight is 390 g/mol. The van der Waals surface area contributed by atoms with Crippen molar-refractivity contribution < 1.29 is 19.0 Å². The first kappa shape index (κ1) is 15.3. The fourth-order valence-corrected chi connectivity index (χ4v) is 3.50. The predicted octanol–water partition coefficient (Wildman–Crippen LogP) is 3.38. The molecule has 1 amide bonds. The number of carbonyl (C=O) groups excluding carboxylic acids is 1. The van der Waals surface area contributed by atoms with Gasteiger partial charge in [-0.15, -0.1) is 0 Å². The van der Waals surface area contributed by atoms with E-state index in [1.807, 2.05) is 23.1 Å². The third kappa shape index (κ3) is 2.60. The minimum atomic E-state index is -0.0310. The Morgan fingerprint density at radius 2 is 1.92 bits per heavy atom. The van der Waals surface area contributed by atoms with Gasteiger partial charge >= 0.3 is 0 Å². The second kappa shape index (κ2) is 6.02. The van der Waals surface area contributed by atoms with E-state index >= 15 is 0 Å². The second-order valence-corrected chi connectivity index (χ2v) is 6.71. The molecule has 0 atom stereocenters. The first-order chi connectivity index (χ1) is 11.7. The zero-order valence-electron chi connectivity index (χ0n) is 13.2. The predicted molar refractivity (Wildman–Crippen MR) is 91.7 cm³/mol. The van der Waals surface area contributed by atoms with Gasteiger partial charge in [-0.1, -0.05) is 15.9 Å². The number of nitrogens with zero attached hydrogens (tertiary/aromatic N) is 1. The van der Waals surface area contributed by atoms with E-state index in [1.54, 1.807) is 19.2 Å². The maximum atomic E-state index is 12.9. The number of methoxy groups -OCH3 is 1. The molecular weight excluding hydrogens is 374 g/mol. The molecule has 5 nitrogen and oxygen atoms in total. The summed E-state index contributed by atoms with van der Waals surface area (Å²) in [6.45, 7) is 1.48. The highest BCUT2D eigenvalue weighted by atomic mass is 79.9. The smallest absolute Gasteiger partial charge is 0.257 e.